The number of nitrogens with zero attached hydrogens (tertiary/aromatic N) is 1. The quantitative estimate of drug-likeness (QED) is 0.732. The van der Waals surface area contributed by atoms with Gasteiger partial charge < -0.3 is 20.7 Å². The zero-order valence-electron chi connectivity index (χ0n) is 14.0. The Morgan fingerprint density at radius 2 is 2.08 bits per heavy atom. The second-order valence-corrected chi connectivity index (χ2v) is 5.56. The standard InChI is InChI=1S/C16H17F3N4O3/c1-10-7-12(3-4-13(10)26-16(17,18)19)8-21-14(25)15(23-11(2)24)9-20-5-6-22-15/h3-7,9,22H,8H2,1-2H3,(H,21,25)(H,23,24). The van der Waals surface area contributed by atoms with Gasteiger partial charge in [-0.25, -0.2) is 0 Å². The van der Waals surface area contributed by atoms with Gasteiger partial charge in [-0.1, -0.05) is 12.1 Å². The number of aliphatic imine (C=N–C) groups is 1. The van der Waals surface area contributed by atoms with Gasteiger partial charge in [-0.3, -0.25) is 14.6 Å². The van der Waals surface area contributed by atoms with Crippen LogP contribution in [0.2, 0.25) is 0 Å². The molecule has 0 spiro atoms. The minimum absolute atomic E-state index is 0.0343. The molecule has 2 rings (SSSR count). The van der Waals surface area contributed by atoms with Gasteiger partial charge in [-0.2, -0.15) is 0 Å². The maximum atomic E-state index is 12.5. The zero-order valence-corrected chi connectivity index (χ0v) is 14.0. The van der Waals surface area contributed by atoms with E-state index >= 15 is 0 Å². The molecule has 0 fully saturated rings. The monoisotopic (exact) mass is 370 g/mol. The number of rotatable bonds is 5. The van der Waals surface area contributed by atoms with Crippen LogP contribution in [0.3, 0.4) is 0 Å². The van der Waals surface area contributed by atoms with Gasteiger partial charge >= 0.3 is 6.36 Å². The molecule has 3 N–H and O–H groups in total. The first-order valence-electron chi connectivity index (χ1n) is 7.51. The lowest BCUT2D eigenvalue weighted by molar-refractivity contribution is -0.274. The summed E-state index contributed by atoms with van der Waals surface area (Å²) in [5, 5.41) is 7.80. The van der Waals surface area contributed by atoms with E-state index in [-0.39, 0.29) is 17.9 Å². The Bertz CT molecular complexity index is 762. The second kappa shape index (κ2) is 7.46. The van der Waals surface area contributed by atoms with Crippen molar-refractivity contribution in [3.63, 3.8) is 0 Å². The lowest BCUT2D eigenvalue weighted by Crippen LogP contribution is -2.67. The lowest BCUT2D eigenvalue weighted by atomic mass is 10.1. The fourth-order valence-electron chi connectivity index (χ4n) is 2.31. The number of nitrogens with one attached hydrogen (secondary N) is 3. The highest BCUT2D eigenvalue weighted by molar-refractivity contribution is 6.06. The molecule has 0 aliphatic carbocycles. The van der Waals surface area contributed by atoms with E-state index in [4.69, 9.17) is 0 Å². The summed E-state index contributed by atoms with van der Waals surface area (Å²) in [4.78, 5) is 27.7. The third-order valence-corrected chi connectivity index (χ3v) is 3.39. The molecule has 140 valence electrons. The summed E-state index contributed by atoms with van der Waals surface area (Å²) in [6.07, 6.45) is -0.709. The number of aryl methyl sites for hydroxylation is 1. The fourth-order valence-corrected chi connectivity index (χ4v) is 2.31. The number of alkyl halides is 3. The van der Waals surface area contributed by atoms with Crippen molar-refractivity contribution < 1.29 is 27.5 Å². The molecular formula is C16H17F3N4O3. The third kappa shape index (κ3) is 4.98. The first-order valence-corrected chi connectivity index (χ1v) is 7.51. The Labute approximate surface area is 147 Å². The number of amides is 2. The van der Waals surface area contributed by atoms with Crippen LogP contribution in [-0.4, -0.2) is 30.1 Å². The van der Waals surface area contributed by atoms with Crippen LogP contribution in [0.1, 0.15) is 18.1 Å². The lowest BCUT2D eigenvalue weighted by Gasteiger charge is -2.30. The largest absolute Gasteiger partial charge is 0.573 e. The predicted octanol–water partition coefficient (Wildman–Crippen LogP) is 1.49. The Morgan fingerprint density at radius 1 is 1.35 bits per heavy atom. The highest BCUT2D eigenvalue weighted by atomic mass is 19.4. The minimum atomic E-state index is -4.77. The van der Waals surface area contributed by atoms with Crippen molar-refractivity contribution in [1.29, 1.82) is 0 Å². The van der Waals surface area contributed by atoms with Crippen molar-refractivity contribution in [2.75, 3.05) is 0 Å². The van der Waals surface area contributed by atoms with Gasteiger partial charge in [0.05, 0.1) is 6.21 Å². The van der Waals surface area contributed by atoms with Crippen LogP contribution in [0.25, 0.3) is 0 Å². The average molecular weight is 370 g/mol. The molecule has 1 aromatic carbocycles. The molecule has 10 heteroatoms. The molecule has 0 saturated carbocycles. The third-order valence-electron chi connectivity index (χ3n) is 3.39. The Kier molecular flexibility index (Phi) is 5.53. The Hall–Kier alpha value is -3.04. The first-order chi connectivity index (χ1) is 12.1. The number of hydrogen-bond donors (Lipinski definition) is 3. The fraction of sp³-hybridized carbons (Fsp3) is 0.312. The summed E-state index contributed by atoms with van der Waals surface area (Å²) in [6, 6.07) is 4.05. The molecule has 1 heterocycles. The molecule has 0 saturated heterocycles. The SMILES string of the molecule is CC(=O)NC1(C(=O)NCc2ccc(OC(F)(F)F)c(C)c2)C=NC=CN1. The molecule has 0 bridgehead atoms. The summed E-state index contributed by atoms with van der Waals surface area (Å²) >= 11 is 0. The van der Waals surface area contributed by atoms with Gasteiger partial charge in [-0.15, -0.1) is 13.2 Å². The van der Waals surface area contributed by atoms with Crippen LogP contribution < -0.4 is 20.7 Å². The summed E-state index contributed by atoms with van der Waals surface area (Å²) < 4.78 is 40.8. The van der Waals surface area contributed by atoms with Crippen molar-refractivity contribution in [3.8, 4) is 5.75 Å². The summed E-state index contributed by atoms with van der Waals surface area (Å²) in [6.45, 7) is 2.75. The number of carbonyl (C=O) groups excluding carboxylic acids is 2. The van der Waals surface area contributed by atoms with Gasteiger partial charge in [0.15, 0.2) is 0 Å². The topological polar surface area (TPSA) is 91.8 Å². The highest BCUT2D eigenvalue weighted by Gasteiger charge is 2.37. The van der Waals surface area contributed by atoms with Crippen molar-refractivity contribution >= 4 is 18.0 Å². The van der Waals surface area contributed by atoms with Crippen LogP contribution in [0.4, 0.5) is 13.2 Å². The van der Waals surface area contributed by atoms with Gasteiger partial charge in [0.25, 0.3) is 5.91 Å². The summed E-state index contributed by atoms with van der Waals surface area (Å²) in [5.41, 5.74) is -0.702. The van der Waals surface area contributed by atoms with E-state index in [9.17, 15) is 22.8 Å². The van der Waals surface area contributed by atoms with Crippen molar-refractivity contribution in [2.45, 2.75) is 32.4 Å². The maximum Gasteiger partial charge on any atom is 0.573 e. The molecular weight excluding hydrogens is 353 g/mol. The minimum Gasteiger partial charge on any atom is -0.406 e. The van der Waals surface area contributed by atoms with E-state index in [0.29, 0.717) is 5.56 Å². The van der Waals surface area contributed by atoms with Crippen LogP contribution in [0, 0.1) is 6.92 Å². The van der Waals surface area contributed by atoms with E-state index in [1.807, 2.05) is 0 Å². The smallest absolute Gasteiger partial charge is 0.406 e. The molecule has 1 atom stereocenters. The number of ether oxygens (including phenoxy) is 1. The maximum absolute atomic E-state index is 12.5. The number of benzene rings is 1. The highest BCUT2D eigenvalue weighted by Crippen LogP contribution is 2.26. The number of halogens is 3. The average Bonchev–Trinajstić information content (AvgIpc) is 2.54. The van der Waals surface area contributed by atoms with E-state index in [2.05, 4.69) is 25.7 Å². The van der Waals surface area contributed by atoms with Crippen LogP contribution in [0.15, 0.2) is 35.6 Å². The summed E-state index contributed by atoms with van der Waals surface area (Å²) in [5.74, 6) is -1.33. The Balaban J connectivity index is 2.06. The van der Waals surface area contributed by atoms with E-state index < -0.39 is 23.8 Å². The molecule has 0 aromatic heterocycles. The predicted molar refractivity (Wildman–Crippen MR) is 87.0 cm³/mol. The zero-order chi connectivity index (χ0) is 19.4. The van der Waals surface area contributed by atoms with Crippen LogP contribution in [0.5, 0.6) is 5.75 Å². The molecule has 7 nitrogen and oxygen atoms in total. The van der Waals surface area contributed by atoms with Crippen molar-refractivity contribution in [2.24, 2.45) is 4.99 Å². The van der Waals surface area contributed by atoms with E-state index in [1.54, 1.807) is 0 Å². The van der Waals surface area contributed by atoms with Crippen LogP contribution in [-0.2, 0) is 16.1 Å². The van der Waals surface area contributed by atoms with E-state index in [1.165, 1.54) is 50.7 Å². The van der Waals surface area contributed by atoms with Gasteiger partial charge in [0, 0.05) is 25.9 Å². The molecule has 0 radical (unpaired) electrons. The van der Waals surface area contributed by atoms with Gasteiger partial charge in [-0.05, 0) is 24.1 Å². The second-order valence-electron chi connectivity index (χ2n) is 5.56. The molecule has 2 amide bonds. The molecule has 1 aliphatic rings. The molecule has 1 aliphatic heterocycles. The normalized spacial score (nSPS) is 18.8. The van der Waals surface area contributed by atoms with Gasteiger partial charge in [0.2, 0.25) is 11.6 Å². The van der Waals surface area contributed by atoms with Crippen LogP contribution >= 0.6 is 0 Å². The van der Waals surface area contributed by atoms with E-state index in [0.717, 1.165) is 0 Å². The number of hydrogen-bond acceptors (Lipinski definition) is 5. The van der Waals surface area contributed by atoms with Crippen molar-refractivity contribution in [1.82, 2.24) is 16.0 Å². The molecule has 26 heavy (non-hydrogen) atoms. The Morgan fingerprint density at radius 3 is 2.62 bits per heavy atom. The van der Waals surface area contributed by atoms with Gasteiger partial charge in [0.1, 0.15) is 5.75 Å². The van der Waals surface area contributed by atoms with Crippen molar-refractivity contribution in [3.05, 3.63) is 41.7 Å². The first kappa shape index (κ1) is 19.3. The molecule has 1 unspecified atom stereocenters. The molecule has 1 aromatic rings. The number of carbonyl (C=O) groups is 2. The summed E-state index contributed by atoms with van der Waals surface area (Å²) in [7, 11) is 0.